The minimum Gasteiger partial charge on any atom is -0.390 e. The first-order valence-corrected chi connectivity index (χ1v) is 8.37. The van der Waals surface area contributed by atoms with E-state index in [-0.39, 0.29) is 5.60 Å². The zero-order valence-corrected chi connectivity index (χ0v) is 13.4. The molecule has 0 radical (unpaired) electrons. The van der Waals surface area contributed by atoms with Crippen LogP contribution in [0.15, 0.2) is 0 Å². The van der Waals surface area contributed by atoms with Crippen LogP contribution in [0.1, 0.15) is 66.2 Å². The maximum Gasteiger partial charge on any atom is 0.0688 e. The van der Waals surface area contributed by atoms with Crippen molar-refractivity contribution in [3.05, 3.63) is 0 Å². The predicted octanol–water partition coefficient (Wildman–Crippen LogP) is 3.68. The second-order valence-electron chi connectivity index (χ2n) is 7.70. The summed E-state index contributed by atoms with van der Waals surface area (Å²) in [6, 6.07) is 0.617. The van der Waals surface area contributed by atoms with Gasteiger partial charge in [-0.05, 0) is 76.7 Å². The summed E-state index contributed by atoms with van der Waals surface area (Å²) in [6.45, 7) is 11.5. The molecule has 0 aromatic rings. The molecule has 19 heavy (non-hydrogen) atoms. The van der Waals surface area contributed by atoms with Gasteiger partial charge in [0.2, 0.25) is 0 Å². The molecule has 2 nitrogen and oxygen atoms in total. The highest BCUT2D eigenvalue weighted by Crippen LogP contribution is 2.43. The van der Waals surface area contributed by atoms with Crippen molar-refractivity contribution in [2.75, 3.05) is 13.1 Å². The fraction of sp³-hybridized carbons (Fsp3) is 1.00. The van der Waals surface area contributed by atoms with E-state index in [0.29, 0.717) is 12.0 Å². The van der Waals surface area contributed by atoms with Crippen molar-refractivity contribution in [3.63, 3.8) is 0 Å². The first-order chi connectivity index (χ1) is 8.90. The molecule has 1 aliphatic heterocycles. The molecule has 1 saturated carbocycles. The first-order valence-electron chi connectivity index (χ1n) is 8.37. The van der Waals surface area contributed by atoms with Crippen LogP contribution in [0.3, 0.4) is 0 Å². The normalized spacial score (nSPS) is 42.3. The zero-order chi connectivity index (χ0) is 14.0. The summed E-state index contributed by atoms with van der Waals surface area (Å²) in [5.74, 6) is 2.13. The van der Waals surface area contributed by atoms with Crippen LogP contribution < -0.4 is 0 Å². The third-order valence-electron chi connectivity index (χ3n) is 5.56. The van der Waals surface area contributed by atoms with Gasteiger partial charge in [-0.2, -0.15) is 0 Å². The summed E-state index contributed by atoms with van der Waals surface area (Å²) in [5, 5.41) is 11.2. The Labute approximate surface area is 119 Å². The molecule has 1 saturated heterocycles. The van der Waals surface area contributed by atoms with Crippen LogP contribution in [0.5, 0.6) is 0 Å². The van der Waals surface area contributed by atoms with Crippen LogP contribution in [-0.2, 0) is 0 Å². The van der Waals surface area contributed by atoms with Crippen molar-refractivity contribution in [2.24, 2.45) is 17.8 Å². The smallest absolute Gasteiger partial charge is 0.0688 e. The monoisotopic (exact) mass is 267 g/mol. The second-order valence-corrected chi connectivity index (χ2v) is 7.70. The van der Waals surface area contributed by atoms with E-state index < -0.39 is 0 Å². The second kappa shape index (κ2) is 6.13. The summed E-state index contributed by atoms with van der Waals surface area (Å²) in [6.07, 6.45) is 6.99. The molecule has 112 valence electrons. The van der Waals surface area contributed by atoms with E-state index in [1.165, 1.54) is 19.3 Å². The van der Waals surface area contributed by atoms with Gasteiger partial charge in [0, 0.05) is 12.6 Å². The molecular weight excluding hydrogens is 234 g/mol. The standard InChI is InChI=1S/C17H33NO/c1-13(2)18-8-5-6-17(19,7-9-18)16-11-14(3)10-15(4)12-16/h13-16,19H,5-12H2,1-4H3. The van der Waals surface area contributed by atoms with Crippen molar-refractivity contribution in [3.8, 4) is 0 Å². The minimum atomic E-state index is -0.382. The van der Waals surface area contributed by atoms with E-state index in [1.54, 1.807) is 0 Å². The van der Waals surface area contributed by atoms with Gasteiger partial charge in [0.05, 0.1) is 5.60 Å². The van der Waals surface area contributed by atoms with Crippen LogP contribution in [0.4, 0.5) is 0 Å². The van der Waals surface area contributed by atoms with Gasteiger partial charge in [-0.3, -0.25) is 0 Å². The summed E-state index contributed by atoms with van der Waals surface area (Å²) in [5.41, 5.74) is -0.382. The summed E-state index contributed by atoms with van der Waals surface area (Å²) in [7, 11) is 0. The molecular formula is C17H33NO. The van der Waals surface area contributed by atoms with Crippen molar-refractivity contribution in [2.45, 2.75) is 77.9 Å². The molecule has 2 heteroatoms. The molecule has 2 rings (SSSR count). The van der Waals surface area contributed by atoms with E-state index in [0.717, 1.165) is 44.2 Å². The lowest BCUT2D eigenvalue weighted by atomic mass is 9.67. The van der Waals surface area contributed by atoms with Crippen LogP contribution >= 0.6 is 0 Å². The van der Waals surface area contributed by atoms with Crippen molar-refractivity contribution < 1.29 is 5.11 Å². The Morgan fingerprint density at radius 2 is 1.63 bits per heavy atom. The van der Waals surface area contributed by atoms with E-state index in [9.17, 15) is 5.11 Å². The maximum atomic E-state index is 11.2. The third-order valence-corrected chi connectivity index (χ3v) is 5.56. The number of likely N-dealkylation sites (tertiary alicyclic amines) is 1. The molecule has 1 N–H and O–H groups in total. The van der Waals surface area contributed by atoms with Crippen LogP contribution in [0, 0.1) is 17.8 Å². The fourth-order valence-electron chi connectivity index (χ4n) is 4.47. The molecule has 3 unspecified atom stereocenters. The van der Waals surface area contributed by atoms with Crippen molar-refractivity contribution >= 4 is 0 Å². The molecule has 0 amide bonds. The van der Waals surface area contributed by atoms with Gasteiger partial charge in [-0.1, -0.05) is 13.8 Å². The molecule has 3 atom stereocenters. The molecule has 0 aromatic heterocycles. The van der Waals surface area contributed by atoms with Gasteiger partial charge in [-0.15, -0.1) is 0 Å². The fourth-order valence-corrected chi connectivity index (χ4v) is 4.47. The van der Waals surface area contributed by atoms with Gasteiger partial charge in [0.15, 0.2) is 0 Å². The molecule has 1 heterocycles. The van der Waals surface area contributed by atoms with Crippen LogP contribution in [0.2, 0.25) is 0 Å². The Morgan fingerprint density at radius 3 is 2.21 bits per heavy atom. The number of hydrogen-bond acceptors (Lipinski definition) is 2. The zero-order valence-electron chi connectivity index (χ0n) is 13.4. The molecule has 0 aromatic carbocycles. The SMILES string of the molecule is CC1CC(C)CC(C2(O)CCCN(C(C)C)CC2)C1. The average Bonchev–Trinajstić information content (AvgIpc) is 2.51. The molecule has 0 spiro atoms. The van der Waals surface area contributed by atoms with Crippen molar-refractivity contribution in [1.82, 2.24) is 4.90 Å². The topological polar surface area (TPSA) is 23.5 Å². The highest BCUT2D eigenvalue weighted by Gasteiger charge is 2.41. The molecule has 2 fully saturated rings. The van der Waals surface area contributed by atoms with Crippen molar-refractivity contribution in [1.29, 1.82) is 0 Å². The predicted molar refractivity (Wildman–Crippen MR) is 81.2 cm³/mol. The molecule has 0 bridgehead atoms. The Balaban J connectivity index is 2.01. The quantitative estimate of drug-likeness (QED) is 0.825. The Hall–Kier alpha value is -0.0800. The highest BCUT2D eigenvalue weighted by molar-refractivity contribution is 4.93. The Bertz CT molecular complexity index is 281. The van der Waals surface area contributed by atoms with Gasteiger partial charge < -0.3 is 10.0 Å². The van der Waals surface area contributed by atoms with E-state index >= 15 is 0 Å². The number of aliphatic hydroxyl groups is 1. The number of rotatable bonds is 2. The lowest BCUT2D eigenvalue weighted by molar-refractivity contribution is -0.0592. The summed E-state index contributed by atoms with van der Waals surface area (Å²) >= 11 is 0. The largest absolute Gasteiger partial charge is 0.390 e. The molecule has 1 aliphatic carbocycles. The lowest BCUT2D eigenvalue weighted by Crippen LogP contribution is -2.43. The van der Waals surface area contributed by atoms with Gasteiger partial charge in [-0.25, -0.2) is 0 Å². The van der Waals surface area contributed by atoms with Crippen LogP contribution in [-0.4, -0.2) is 34.7 Å². The van der Waals surface area contributed by atoms with E-state index in [1.807, 2.05) is 0 Å². The van der Waals surface area contributed by atoms with Gasteiger partial charge in [0.25, 0.3) is 0 Å². The van der Waals surface area contributed by atoms with Gasteiger partial charge >= 0.3 is 0 Å². The summed E-state index contributed by atoms with van der Waals surface area (Å²) < 4.78 is 0. The first kappa shape index (κ1) is 15.3. The van der Waals surface area contributed by atoms with E-state index in [2.05, 4.69) is 32.6 Å². The number of hydrogen-bond donors (Lipinski definition) is 1. The summed E-state index contributed by atoms with van der Waals surface area (Å²) in [4.78, 5) is 2.54. The van der Waals surface area contributed by atoms with Gasteiger partial charge in [0.1, 0.15) is 0 Å². The average molecular weight is 267 g/mol. The van der Waals surface area contributed by atoms with E-state index in [4.69, 9.17) is 0 Å². The third kappa shape index (κ3) is 3.72. The lowest BCUT2D eigenvalue weighted by Gasteiger charge is -2.42. The molecule has 2 aliphatic rings. The Morgan fingerprint density at radius 1 is 1.00 bits per heavy atom. The maximum absolute atomic E-state index is 11.2. The highest BCUT2D eigenvalue weighted by atomic mass is 16.3. The minimum absolute atomic E-state index is 0.382. The Kier molecular flexibility index (Phi) is 4.94. The number of nitrogens with zero attached hydrogens (tertiary/aromatic N) is 1. The van der Waals surface area contributed by atoms with Crippen LogP contribution in [0.25, 0.3) is 0 Å².